The van der Waals surface area contributed by atoms with Crippen LogP contribution in [0.2, 0.25) is 5.02 Å². The summed E-state index contributed by atoms with van der Waals surface area (Å²) in [5.74, 6) is 0.0771. The summed E-state index contributed by atoms with van der Waals surface area (Å²) < 4.78 is 0. The summed E-state index contributed by atoms with van der Waals surface area (Å²) in [5.41, 5.74) is 2.02. The van der Waals surface area contributed by atoms with Gasteiger partial charge < -0.3 is 10.4 Å². The van der Waals surface area contributed by atoms with E-state index in [9.17, 15) is 9.90 Å². The van der Waals surface area contributed by atoms with Crippen molar-refractivity contribution in [3.8, 4) is 5.75 Å². The number of rotatable bonds is 4. The number of aromatic hydroxyl groups is 1. The summed E-state index contributed by atoms with van der Waals surface area (Å²) in [6.45, 7) is 4.22. The molecule has 3 rings (SSSR count). The largest absolute Gasteiger partial charge is 0.506 e. The number of fused-ring (bicyclic) bond motifs is 1. The van der Waals surface area contributed by atoms with E-state index in [-0.39, 0.29) is 16.8 Å². The van der Waals surface area contributed by atoms with Gasteiger partial charge in [-0.25, -0.2) is 0 Å². The van der Waals surface area contributed by atoms with Crippen LogP contribution in [0.1, 0.15) is 42.1 Å². The molecule has 28 heavy (non-hydrogen) atoms. The fourth-order valence-corrected chi connectivity index (χ4v) is 3.43. The Balaban J connectivity index is 1.79. The predicted molar refractivity (Wildman–Crippen MR) is 119 cm³/mol. The zero-order valence-corrected chi connectivity index (χ0v) is 17.2. The van der Waals surface area contributed by atoms with Crippen LogP contribution in [0.3, 0.4) is 0 Å². The monoisotopic (exact) mass is 412 g/mol. The summed E-state index contributed by atoms with van der Waals surface area (Å²) >= 11 is 11.5. The zero-order chi connectivity index (χ0) is 20.3. The SMILES string of the molecule is CCC(C)c1ccc(O)c(NC(=S)NC(=O)c2cccc3c(Cl)cccc23)c1. The average Bonchev–Trinajstić information content (AvgIpc) is 2.69. The van der Waals surface area contributed by atoms with Crippen LogP contribution in [0.5, 0.6) is 5.75 Å². The maximum atomic E-state index is 12.7. The Morgan fingerprint density at radius 3 is 2.61 bits per heavy atom. The Bertz CT molecular complexity index is 1050. The summed E-state index contributed by atoms with van der Waals surface area (Å²) in [6.07, 6.45) is 0.981. The minimum Gasteiger partial charge on any atom is -0.506 e. The van der Waals surface area contributed by atoms with Gasteiger partial charge in [-0.05, 0) is 59.8 Å². The van der Waals surface area contributed by atoms with E-state index in [4.69, 9.17) is 23.8 Å². The Morgan fingerprint density at radius 1 is 1.14 bits per heavy atom. The third kappa shape index (κ3) is 4.26. The van der Waals surface area contributed by atoms with E-state index < -0.39 is 0 Å². The van der Waals surface area contributed by atoms with Gasteiger partial charge in [-0.15, -0.1) is 0 Å². The van der Waals surface area contributed by atoms with E-state index in [0.717, 1.165) is 22.8 Å². The molecule has 0 aliphatic heterocycles. The molecule has 0 fully saturated rings. The number of carbonyl (C=O) groups excluding carboxylic acids is 1. The second kappa shape index (κ2) is 8.59. The highest BCUT2D eigenvalue weighted by Crippen LogP contribution is 2.29. The molecule has 3 aromatic carbocycles. The lowest BCUT2D eigenvalue weighted by Crippen LogP contribution is -2.34. The molecule has 144 valence electrons. The Morgan fingerprint density at radius 2 is 1.86 bits per heavy atom. The minimum atomic E-state index is -0.345. The number of hydrogen-bond acceptors (Lipinski definition) is 3. The van der Waals surface area contributed by atoms with E-state index in [1.807, 2.05) is 24.3 Å². The number of phenolic OH excluding ortho intramolecular Hbond substituents is 1. The first-order valence-electron chi connectivity index (χ1n) is 9.03. The van der Waals surface area contributed by atoms with Crippen LogP contribution in [0, 0.1) is 0 Å². The fourth-order valence-electron chi connectivity index (χ4n) is 2.99. The molecule has 0 aliphatic carbocycles. The van der Waals surface area contributed by atoms with Gasteiger partial charge in [-0.3, -0.25) is 10.1 Å². The van der Waals surface area contributed by atoms with Gasteiger partial charge in [0.25, 0.3) is 5.91 Å². The van der Waals surface area contributed by atoms with Gasteiger partial charge in [0.1, 0.15) is 5.75 Å². The fraction of sp³-hybridized carbons (Fsp3) is 0.182. The molecule has 0 bridgehead atoms. The predicted octanol–water partition coefficient (Wildman–Crippen LogP) is 5.84. The van der Waals surface area contributed by atoms with Crippen LogP contribution in [0.4, 0.5) is 5.69 Å². The van der Waals surface area contributed by atoms with Crippen molar-refractivity contribution in [1.82, 2.24) is 5.32 Å². The Hall–Kier alpha value is -2.63. The molecule has 0 aromatic heterocycles. The van der Waals surface area contributed by atoms with Gasteiger partial charge in [0.2, 0.25) is 0 Å². The molecule has 0 saturated heterocycles. The van der Waals surface area contributed by atoms with Crippen molar-refractivity contribution >= 4 is 51.3 Å². The first kappa shape index (κ1) is 20.1. The quantitative estimate of drug-likeness (QED) is 0.372. The lowest BCUT2D eigenvalue weighted by molar-refractivity contribution is 0.0979. The highest BCUT2D eigenvalue weighted by Gasteiger charge is 2.14. The van der Waals surface area contributed by atoms with Crippen molar-refractivity contribution < 1.29 is 9.90 Å². The van der Waals surface area contributed by atoms with Crippen LogP contribution >= 0.6 is 23.8 Å². The summed E-state index contributed by atoms with van der Waals surface area (Å²) in [4.78, 5) is 12.7. The zero-order valence-electron chi connectivity index (χ0n) is 15.6. The van der Waals surface area contributed by atoms with Crippen molar-refractivity contribution in [2.75, 3.05) is 5.32 Å². The van der Waals surface area contributed by atoms with Gasteiger partial charge in [0.15, 0.2) is 5.11 Å². The lowest BCUT2D eigenvalue weighted by Gasteiger charge is -2.15. The number of thiocarbonyl (C=S) groups is 1. The lowest BCUT2D eigenvalue weighted by atomic mass is 9.98. The number of hydrogen-bond donors (Lipinski definition) is 3. The summed E-state index contributed by atoms with van der Waals surface area (Å²) in [7, 11) is 0. The normalized spacial score (nSPS) is 11.8. The average molecular weight is 413 g/mol. The Kier molecular flexibility index (Phi) is 6.17. The van der Waals surface area contributed by atoms with Gasteiger partial charge >= 0.3 is 0 Å². The molecule has 0 spiro atoms. The number of phenols is 1. The Labute approximate surface area is 174 Å². The number of carbonyl (C=O) groups is 1. The molecule has 0 aliphatic rings. The number of anilines is 1. The molecular formula is C22H21ClN2O2S. The minimum absolute atomic E-state index is 0.0700. The van der Waals surface area contributed by atoms with Crippen molar-refractivity contribution in [1.29, 1.82) is 0 Å². The van der Waals surface area contributed by atoms with Crippen molar-refractivity contribution in [3.05, 3.63) is 70.7 Å². The molecule has 1 amide bonds. The number of amides is 1. The van der Waals surface area contributed by atoms with E-state index in [1.165, 1.54) is 0 Å². The standard InChI is InChI=1S/C22H21ClN2O2S/c1-3-13(2)14-10-11-20(26)19(12-14)24-22(28)25-21(27)17-8-4-7-16-15(17)6-5-9-18(16)23/h4-13,26H,3H2,1-2H3,(H2,24,25,27,28). The molecular weight excluding hydrogens is 392 g/mol. The first-order valence-corrected chi connectivity index (χ1v) is 9.81. The van der Waals surface area contributed by atoms with E-state index in [2.05, 4.69) is 24.5 Å². The first-order chi connectivity index (χ1) is 13.4. The van der Waals surface area contributed by atoms with Crippen LogP contribution in [-0.2, 0) is 0 Å². The molecule has 4 nitrogen and oxygen atoms in total. The van der Waals surface area contributed by atoms with Gasteiger partial charge in [-0.1, -0.05) is 55.8 Å². The second-order valence-corrected chi connectivity index (χ2v) is 7.45. The van der Waals surface area contributed by atoms with Crippen LogP contribution in [0.15, 0.2) is 54.6 Å². The summed E-state index contributed by atoms with van der Waals surface area (Å²) in [6, 6.07) is 16.1. The third-order valence-corrected chi connectivity index (χ3v) is 5.32. The van der Waals surface area contributed by atoms with Gasteiger partial charge in [0.05, 0.1) is 5.69 Å². The van der Waals surface area contributed by atoms with E-state index in [0.29, 0.717) is 22.2 Å². The second-order valence-electron chi connectivity index (χ2n) is 6.63. The van der Waals surface area contributed by atoms with E-state index >= 15 is 0 Å². The van der Waals surface area contributed by atoms with Crippen LogP contribution in [0.25, 0.3) is 10.8 Å². The summed E-state index contributed by atoms with van der Waals surface area (Å²) in [5, 5.41) is 17.9. The maximum Gasteiger partial charge on any atom is 0.258 e. The molecule has 3 aromatic rings. The maximum absolute atomic E-state index is 12.7. The van der Waals surface area contributed by atoms with Crippen LogP contribution < -0.4 is 10.6 Å². The highest BCUT2D eigenvalue weighted by molar-refractivity contribution is 7.80. The molecule has 6 heteroatoms. The van der Waals surface area contributed by atoms with Gasteiger partial charge in [-0.2, -0.15) is 0 Å². The molecule has 0 heterocycles. The van der Waals surface area contributed by atoms with Crippen molar-refractivity contribution in [3.63, 3.8) is 0 Å². The molecule has 3 N–H and O–H groups in total. The number of nitrogens with one attached hydrogen (secondary N) is 2. The van der Waals surface area contributed by atoms with Crippen LogP contribution in [-0.4, -0.2) is 16.1 Å². The highest BCUT2D eigenvalue weighted by atomic mass is 35.5. The van der Waals surface area contributed by atoms with E-state index in [1.54, 1.807) is 30.3 Å². The molecule has 0 radical (unpaired) electrons. The topological polar surface area (TPSA) is 61.4 Å². The van der Waals surface area contributed by atoms with Crippen molar-refractivity contribution in [2.45, 2.75) is 26.2 Å². The number of halogens is 1. The third-order valence-electron chi connectivity index (χ3n) is 4.79. The smallest absolute Gasteiger partial charge is 0.258 e. The molecule has 1 unspecified atom stereocenters. The number of benzene rings is 3. The van der Waals surface area contributed by atoms with Gasteiger partial charge in [0, 0.05) is 16.0 Å². The molecule has 0 saturated carbocycles. The van der Waals surface area contributed by atoms with Crippen molar-refractivity contribution in [2.24, 2.45) is 0 Å². The molecule has 1 atom stereocenters.